The Morgan fingerprint density at radius 3 is 2.51 bits per heavy atom. The smallest absolute Gasteiger partial charge is 0.324 e. The highest BCUT2D eigenvalue weighted by Crippen LogP contribution is 2.34. The summed E-state index contributed by atoms with van der Waals surface area (Å²) in [7, 11) is 0. The summed E-state index contributed by atoms with van der Waals surface area (Å²) in [6, 6.07) is 17.3. The molecule has 178 valence electrons. The lowest BCUT2D eigenvalue weighted by Crippen LogP contribution is -2.22. The van der Waals surface area contributed by atoms with Crippen molar-refractivity contribution in [3.63, 3.8) is 0 Å². The number of urea groups is 1. The van der Waals surface area contributed by atoms with Crippen LogP contribution in [0.25, 0.3) is 16.9 Å². The molecule has 0 saturated carbocycles. The second kappa shape index (κ2) is 10.6. The van der Waals surface area contributed by atoms with Gasteiger partial charge in [-0.2, -0.15) is 5.10 Å². The van der Waals surface area contributed by atoms with Gasteiger partial charge in [0.2, 0.25) is 5.91 Å². The van der Waals surface area contributed by atoms with Gasteiger partial charge in [0.05, 0.1) is 31.4 Å². The fourth-order valence-corrected chi connectivity index (χ4v) is 4.51. The maximum Gasteiger partial charge on any atom is 0.324 e. The van der Waals surface area contributed by atoms with Crippen LogP contribution in [0.1, 0.15) is 5.56 Å². The van der Waals surface area contributed by atoms with Gasteiger partial charge in [0.25, 0.3) is 0 Å². The maximum atomic E-state index is 13.9. The summed E-state index contributed by atoms with van der Waals surface area (Å²) >= 11 is 14.3. The second-order valence-electron chi connectivity index (χ2n) is 7.43. The Bertz CT molecular complexity index is 1440. The highest BCUT2D eigenvalue weighted by molar-refractivity contribution is 14.1. The van der Waals surface area contributed by atoms with E-state index in [0.717, 1.165) is 0 Å². The molecule has 0 radical (unpaired) electrons. The number of anilines is 2. The monoisotopic (exact) mass is 623 g/mol. The van der Waals surface area contributed by atoms with E-state index in [-0.39, 0.29) is 11.4 Å². The minimum Gasteiger partial charge on any atom is -0.369 e. The van der Waals surface area contributed by atoms with Gasteiger partial charge in [-0.05, 0) is 64.6 Å². The first-order valence-corrected chi connectivity index (χ1v) is 12.0. The molecule has 4 aromatic rings. The first-order chi connectivity index (χ1) is 16.7. The number of aromatic nitrogens is 2. The molecule has 3 amide bonds. The molecule has 3 aromatic carbocycles. The van der Waals surface area contributed by atoms with Crippen molar-refractivity contribution in [1.29, 1.82) is 0 Å². The van der Waals surface area contributed by atoms with Crippen molar-refractivity contribution in [2.75, 3.05) is 10.6 Å². The van der Waals surface area contributed by atoms with Gasteiger partial charge in [0.15, 0.2) is 5.82 Å². The minimum atomic E-state index is -0.590. The van der Waals surface area contributed by atoms with Crippen LogP contribution in [-0.2, 0) is 11.2 Å². The number of carbonyl (C=O) groups excluding carboxylic acids is 2. The van der Waals surface area contributed by atoms with Crippen molar-refractivity contribution in [3.8, 4) is 16.9 Å². The molecule has 0 atom stereocenters. The number of carbonyl (C=O) groups is 2. The van der Waals surface area contributed by atoms with E-state index in [0.29, 0.717) is 42.6 Å². The lowest BCUT2D eigenvalue weighted by molar-refractivity contribution is -0.117. The first kappa shape index (κ1) is 25.0. The molecule has 1 heterocycles. The van der Waals surface area contributed by atoms with Gasteiger partial charge >= 0.3 is 6.03 Å². The van der Waals surface area contributed by atoms with Crippen LogP contribution < -0.4 is 16.4 Å². The zero-order valence-electron chi connectivity index (χ0n) is 17.9. The number of amides is 3. The zero-order chi connectivity index (χ0) is 25.1. The largest absolute Gasteiger partial charge is 0.369 e. The quantitative estimate of drug-likeness (QED) is 0.221. The average molecular weight is 624 g/mol. The molecule has 0 unspecified atom stereocenters. The molecule has 7 nitrogen and oxygen atoms in total. The van der Waals surface area contributed by atoms with E-state index >= 15 is 0 Å². The summed E-state index contributed by atoms with van der Waals surface area (Å²) in [4.78, 5) is 24.3. The van der Waals surface area contributed by atoms with Gasteiger partial charge in [-0.15, -0.1) is 0 Å². The topological polar surface area (TPSA) is 102 Å². The van der Waals surface area contributed by atoms with Crippen LogP contribution in [0.3, 0.4) is 0 Å². The number of hydrogen-bond acceptors (Lipinski definition) is 3. The number of rotatable bonds is 6. The number of nitrogens with one attached hydrogen (secondary N) is 2. The van der Waals surface area contributed by atoms with Crippen molar-refractivity contribution in [2.24, 2.45) is 5.73 Å². The van der Waals surface area contributed by atoms with E-state index in [9.17, 15) is 14.0 Å². The van der Waals surface area contributed by atoms with E-state index in [4.69, 9.17) is 28.9 Å². The van der Waals surface area contributed by atoms with Crippen molar-refractivity contribution < 1.29 is 14.0 Å². The van der Waals surface area contributed by atoms with Crippen LogP contribution in [0.4, 0.5) is 20.7 Å². The van der Waals surface area contributed by atoms with Crippen molar-refractivity contribution in [2.45, 2.75) is 6.42 Å². The van der Waals surface area contributed by atoms with Crippen LogP contribution >= 0.6 is 45.8 Å². The van der Waals surface area contributed by atoms with E-state index in [1.807, 2.05) is 22.6 Å². The molecular formula is C24H17Cl2FIN5O2. The Labute approximate surface area is 223 Å². The molecule has 1 aromatic heterocycles. The molecule has 0 saturated heterocycles. The lowest BCUT2D eigenvalue weighted by Gasteiger charge is -2.12. The Balaban J connectivity index is 1.76. The predicted octanol–water partition coefficient (Wildman–Crippen LogP) is 6.26. The number of primary amides is 1. The Hall–Kier alpha value is -3.15. The third-order valence-electron chi connectivity index (χ3n) is 4.89. The van der Waals surface area contributed by atoms with E-state index in [2.05, 4.69) is 15.7 Å². The summed E-state index contributed by atoms with van der Waals surface area (Å²) in [6.07, 6.45) is 0.0411. The number of halogens is 4. The highest BCUT2D eigenvalue weighted by Gasteiger charge is 2.21. The van der Waals surface area contributed by atoms with Gasteiger partial charge in [-0.3, -0.25) is 10.1 Å². The molecule has 4 N–H and O–H groups in total. The molecule has 11 heteroatoms. The third kappa shape index (κ3) is 5.75. The number of hydrogen-bond donors (Lipinski definition) is 3. The van der Waals surface area contributed by atoms with Crippen LogP contribution in [0, 0.1) is 9.39 Å². The zero-order valence-corrected chi connectivity index (χ0v) is 21.5. The molecule has 35 heavy (non-hydrogen) atoms. The van der Waals surface area contributed by atoms with E-state index < -0.39 is 17.8 Å². The van der Waals surface area contributed by atoms with Gasteiger partial charge in [0, 0.05) is 5.56 Å². The van der Waals surface area contributed by atoms with Crippen LogP contribution in [0.5, 0.6) is 0 Å². The number of benzene rings is 3. The van der Waals surface area contributed by atoms with Gasteiger partial charge < -0.3 is 11.1 Å². The molecule has 0 aliphatic heterocycles. The molecule has 0 fully saturated rings. The maximum absolute atomic E-state index is 13.9. The molecule has 4 rings (SSSR count). The summed E-state index contributed by atoms with van der Waals surface area (Å²) in [5, 5.41) is 10.6. The standard InChI is InChI=1S/C24H17Cl2FIN5O2/c25-17-8-3-9-18(20(17)26)30-24(35)31-23-21(28)22(14-5-2-6-15(27)12-14)32-33(23)16-7-1-4-13(10-16)11-19(29)34/h1-10,12H,11H2,(H2,29,34)(H2,30,31,35). The summed E-state index contributed by atoms with van der Waals surface area (Å²) in [6.45, 7) is 0. The van der Waals surface area contributed by atoms with Crippen molar-refractivity contribution in [3.05, 3.63) is 91.7 Å². The molecular weight excluding hydrogens is 607 g/mol. The SMILES string of the molecule is NC(=O)Cc1cccc(-n2nc(-c3cccc(F)c3)c(I)c2NC(=O)Nc2cccc(Cl)c2Cl)c1. The van der Waals surface area contributed by atoms with Gasteiger partial charge in [0.1, 0.15) is 11.5 Å². The summed E-state index contributed by atoms with van der Waals surface area (Å²) < 4.78 is 16.0. The summed E-state index contributed by atoms with van der Waals surface area (Å²) in [5.41, 5.74) is 7.90. The Morgan fingerprint density at radius 1 is 1.03 bits per heavy atom. The second-order valence-corrected chi connectivity index (χ2v) is 9.29. The van der Waals surface area contributed by atoms with Crippen LogP contribution in [-0.4, -0.2) is 21.7 Å². The molecule has 0 aliphatic carbocycles. The highest BCUT2D eigenvalue weighted by atomic mass is 127. The Morgan fingerprint density at radius 2 is 1.77 bits per heavy atom. The summed E-state index contributed by atoms with van der Waals surface area (Å²) in [5.74, 6) is -0.565. The van der Waals surface area contributed by atoms with E-state index in [1.165, 1.54) is 16.8 Å². The van der Waals surface area contributed by atoms with Crippen molar-refractivity contribution in [1.82, 2.24) is 9.78 Å². The minimum absolute atomic E-state index is 0.0411. The molecule has 0 aliphatic rings. The third-order valence-corrected chi connectivity index (χ3v) is 6.73. The lowest BCUT2D eigenvalue weighted by atomic mass is 10.1. The average Bonchev–Trinajstić information content (AvgIpc) is 3.12. The van der Waals surface area contributed by atoms with Gasteiger partial charge in [-0.25, -0.2) is 13.9 Å². The Kier molecular flexibility index (Phi) is 7.58. The predicted molar refractivity (Wildman–Crippen MR) is 144 cm³/mol. The van der Waals surface area contributed by atoms with Crippen LogP contribution in [0.15, 0.2) is 66.7 Å². The molecule has 0 bridgehead atoms. The molecule has 0 spiro atoms. The number of nitrogens with two attached hydrogens (primary N) is 1. The van der Waals surface area contributed by atoms with Crippen molar-refractivity contribution >= 4 is 69.2 Å². The first-order valence-electron chi connectivity index (χ1n) is 10.2. The normalized spacial score (nSPS) is 10.7. The van der Waals surface area contributed by atoms with Gasteiger partial charge in [-0.1, -0.05) is 53.5 Å². The fraction of sp³-hybridized carbons (Fsp3) is 0.0417. The number of nitrogens with zero attached hydrogens (tertiary/aromatic N) is 2. The van der Waals surface area contributed by atoms with Crippen LogP contribution in [0.2, 0.25) is 10.0 Å². The van der Waals surface area contributed by atoms with E-state index in [1.54, 1.807) is 54.6 Å². The fourth-order valence-electron chi connectivity index (χ4n) is 3.37.